The van der Waals surface area contributed by atoms with Crippen LogP contribution in [0.1, 0.15) is 174 Å². The molecule has 0 aromatic carbocycles. The van der Waals surface area contributed by atoms with Gasteiger partial charge in [-0.2, -0.15) is 8.42 Å². The molecule has 51 heavy (non-hydrogen) atoms. The Labute approximate surface area is 318 Å². The summed E-state index contributed by atoms with van der Waals surface area (Å²) >= 11 is 0. The van der Waals surface area contributed by atoms with Gasteiger partial charge in [0.25, 0.3) is 10.1 Å². The molecule has 9 nitrogen and oxygen atoms in total. The Morgan fingerprint density at radius 2 is 0.804 bits per heavy atom. The summed E-state index contributed by atoms with van der Waals surface area (Å²) in [5.74, 6) is 2.47. The molecule has 310 valence electrons. The van der Waals surface area contributed by atoms with Crippen molar-refractivity contribution in [1.29, 1.82) is 0 Å². The lowest BCUT2D eigenvalue weighted by molar-refractivity contribution is 0.180. The molecule has 0 aromatic heterocycles. The van der Waals surface area contributed by atoms with Gasteiger partial charge in [0.1, 0.15) is 0 Å². The lowest BCUT2D eigenvalue weighted by Gasteiger charge is -2.33. The van der Waals surface area contributed by atoms with Crippen molar-refractivity contribution in [2.24, 2.45) is 38.9 Å². The van der Waals surface area contributed by atoms with E-state index in [1.165, 1.54) is 71.9 Å². The first kappa shape index (κ1) is 52.8. The summed E-state index contributed by atoms with van der Waals surface area (Å²) in [7, 11) is -6.72. The molecule has 0 bridgehead atoms. The molecule has 0 aromatic rings. The van der Waals surface area contributed by atoms with Crippen LogP contribution in [0.15, 0.2) is 0 Å². The van der Waals surface area contributed by atoms with Crippen LogP contribution >= 0.6 is 0 Å². The summed E-state index contributed by atoms with van der Waals surface area (Å²) in [4.78, 5) is 0. The predicted molar refractivity (Wildman–Crippen MR) is 219 cm³/mol. The summed E-state index contributed by atoms with van der Waals surface area (Å²) in [5.41, 5.74) is 0.605. The molecule has 2 N–H and O–H groups in total. The van der Waals surface area contributed by atoms with Crippen LogP contribution in [-0.4, -0.2) is 62.7 Å². The van der Waals surface area contributed by atoms with E-state index in [1.54, 1.807) is 0 Å². The Morgan fingerprint density at radius 3 is 1.00 bits per heavy atom. The molecule has 3 aliphatic rings. The molecule has 3 aliphatic carbocycles. The Kier molecular flexibility index (Phi) is 22.5. The molecule has 0 amide bonds. The quantitative estimate of drug-likeness (QED) is 0.245. The Balaban J connectivity index is 0. The van der Waals surface area contributed by atoms with E-state index in [9.17, 15) is 25.3 Å². The van der Waals surface area contributed by atoms with E-state index in [1.807, 2.05) is 62.3 Å². The second kappa shape index (κ2) is 21.7. The van der Waals surface area contributed by atoms with Gasteiger partial charge in [0.2, 0.25) is 20.0 Å². The molecule has 3 saturated carbocycles. The lowest BCUT2D eigenvalue weighted by atomic mass is 9.72. The van der Waals surface area contributed by atoms with Gasteiger partial charge in [-0.05, 0) is 84.5 Å². The molecular weight excluding hydrogens is 705 g/mol. The first-order valence-electron chi connectivity index (χ1n) is 19.2. The first-order chi connectivity index (χ1) is 22.5. The maximum absolute atomic E-state index is 11.4. The normalized spacial score (nSPS) is 18.5. The summed E-state index contributed by atoms with van der Waals surface area (Å²) in [5, 5.41) is 0. The zero-order valence-corrected chi connectivity index (χ0v) is 38.7. The average molecular weight is 789 g/mol. The molecule has 0 heterocycles. The fourth-order valence-corrected chi connectivity index (χ4v) is 10.5. The second-order valence-corrected chi connectivity index (χ2v) is 26.1. The minimum atomic E-state index is -3.28. The van der Waals surface area contributed by atoms with E-state index >= 15 is 0 Å². The lowest BCUT2D eigenvalue weighted by Crippen LogP contribution is -2.33. The second-order valence-electron chi connectivity index (χ2n) is 20.7. The standard InChI is InChI=1S/C10H20.C9H18.C8H17NO2S.C6H15NO2S.C6H14O3S/c1-10(2,3)9-7-5-4-6-8-9;1-9(2,3)8-6-4-5-7-8;1-8(2,3)6-12(10,11)9-7-4-5-7;1-6(2,3)5-10(8,9)7-4;1-6(2,3)5-10(7,8)9-4/h9H,4-8H2,1-3H3;8H,4-7H2,1-3H3;7,9H,4-6H2,1-3H3;7H,5H2,1-4H3;5H2,1-4H3. The number of nitrogens with one attached hydrogen (secondary N) is 2. The van der Waals surface area contributed by atoms with Crippen molar-refractivity contribution >= 4 is 30.2 Å². The molecule has 0 saturated heterocycles. The van der Waals surface area contributed by atoms with Crippen LogP contribution in [0.2, 0.25) is 0 Å². The van der Waals surface area contributed by atoms with Gasteiger partial charge in [-0.1, -0.05) is 136 Å². The fourth-order valence-electron chi connectivity index (χ4n) is 6.06. The Morgan fingerprint density at radius 1 is 0.490 bits per heavy atom. The van der Waals surface area contributed by atoms with Crippen LogP contribution in [0.4, 0.5) is 0 Å². The summed E-state index contributed by atoms with van der Waals surface area (Å²) in [6.07, 6.45) is 15.3. The van der Waals surface area contributed by atoms with Gasteiger partial charge < -0.3 is 0 Å². The topological polar surface area (TPSA) is 136 Å². The van der Waals surface area contributed by atoms with Gasteiger partial charge in [0.15, 0.2) is 0 Å². The molecular formula is C39H84N2O7S3. The molecule has 0 spiro atoms. The summed E-state index contributed by atoms with van der Waals surface area (Å²) in [6, 6.07) is 0.234. The SMILES string of the molecule is CC(C)(C)C1CCCC1.CC(C)(C)C1CCCCC1.CC(C)(C)CS(=O)(=O)NC1CC1.CNS(=O)(=O)CC(C)(C)C.COS(=O)(=O)CC(C)(C)C. The van der Waals surface area contributed by atoms with E-state index in [2.05, 4.69) is 55.2 Å². The fraction of sp³-hybridized carbons (Fsp3) is 1.00. The molecule has 0 radical (unpaired) electrons. The third kappa shape index (κ3) is 32.8. The summed E-state index contributed by atoms with van der Waals surface area (Å²) in [6.45, 7) is 31.2. The van der Waals surface area contributed by atoms with Crippen molar-refractivity contribution in [2.45, 2.75) is 181 Å². The summed E-state index contributed by atoms with van der Waals surface area (Å²) < 4.78 is 75.4. The van der Waals surface area contributed by atoms with Crippen molar-refractivity contribution in [3.63, 3.8) is 0 Å². The van der Waals surface area contributed by atoms with E-state index < -0.39 is 30.2 Å². The van der Waals surface area contributed by atoms with E-state index in [0.29, 0.717) is 10.8 Å². The van der Waals surface area contributed by atoms with Crippen molar-refractivity contribution in [1.82, 2.24) is 9.44 Å². The molecule has 3 rings (SSSR count). The Bertz CT molecular complexity index is 1210. The minimum Gasteiger partial charge on any atom is -0.273 e. The van der Waals surface area contributed by atoms with Crippen LogP contribution in [0, 0.1) is 38.9 Å². The number of rotatable bonds is 7. The predicted octanol–water partition coefficient (Wildman–Crippen LogP) is 9.54. The molecule has 0 unspecified atom stereocenters. The first-order valence-corrected chi connectivity index (χ1v) is 24.1. The van der Waals surface area contributed by atoms with Gasteiger partial charge in [-0.3, -0.25) is 4.18 Å². The average Bonchev–Trinajstić information content (AvgIpc) is 3.50. The van der Waals surface area contributed by atoms with Crippen LogP contribution < -0.4 is 9.44 Å². The van der Waals surface area contributed by atoms with Gasteiger partial charge in [-0.15, -0.1) is 0 Å². The van der Waals surface area contributed by atoms with Crippen molar-refractivity contribution in [3.05, 3.63) is 0 Å². The van der Waals surface area contributed by atoms with E-state index in [-0.39, 0.29) is 39.5 Å². The maximum Gasteiger partial charge on any atom is 0.267 e. The highest BCUT2D eigenvalue weighted by Gasteiger charge is 2.30. The highest BCUT2D eigenvalue weighted by molar-refractivity contribution is 7.89. The van der Waals surface area contributed by atoms with E-state index in [0.717, 1.165) is 24.7 Å². The monoisotopic (exact) mass is 789 g/mol. The van der Waals surface area contributed by atoms with Crippen molar-refractivity contribution in [3.8, 4) is 0 Å². The molecule has 0 atom stereocenters. The number of sulfonamides is 2. The minimum absolute atomic E-state index is 0.0660. The van der Waals surface area contributed by atoms with Gasteiger partial charge in [0, 0.05) is 6.04 Å². The number of hydrogen-bond acceptors (Lipinski definition) is 7. The van der Waals surface area contributed by atoms with Crippen LogP contribution in [-0.2, 0) is 34.3 Å². The Hall–Kier alpha value is -0.270. The third-order valence-electron chi connectivity index (χ3n) is 8.75. The smallest absolute Gasteiger partial charge is 0.267 e. The zero-order chi connectivity index (χ0) is 40.8. The third-order valence-corrected chi connectivity index (χ3v) is 14.3. The molecule has 0 aliphatic heterocycles. The highest BCUT2D eigenvalue weighted by Crippen LogP contribution is 2.39. The van der Waals surface area contributed by atoms with Crippen molar-refractivity contribution in [2.75, 3.05) is 31.4 Å². The van der Waals surface area contributed by atoms with Crippen LogP contribution in [0.25, 0.3) is 0 Å². The van der Waals surface area contributed by atoms with E-state index in [4.69, 9.17) is 0 Å². The van der Waals surface area contributed by atoms with Crippen molar-refractivity contribution < 1.29 is 29.4 Å². The zero-order valence-electron chi connectivity index (χ0n) is 36.2. The highest BCUT2D eigenvalue weighted by atomic mass is 32.2. The largest absolute Gasteiger partial charge is 0.273 e. The van der Waals surface area contributed by atoms with Gasteiger partial charge >= 0.3 is 0 Å². The maximum atomic E-state index is 11.4. The van der Waals surface area contributed by atoms with Gasteiger partial charge in [0.05, 0.1) is 24.4 Å². The van der Waals surface area contributed by atoms with Gasteiger partial charge in [-0.25, -0.2) is 26.3 Å². The van der Waals surface area contributed by atoms with Crippen LogP contribution in [0.3, 0.4) is 0 Å². The number of hydrogen-bond donors (Lipinski definition) is 2. The molecule has 12 heteroatoms. The van der Waals surface area contributed by atoms with Crippen LogP contribution in [0.5, 0.6) is 0 Å². The molecule has 3 fully saturated rings.